The highest BCUT2D eigenvalue weighted by atomic mass is 19.1. The third kappa shape index (κ3) is 3.95. The maximum absolute atomic E-state index is 13.7. The summed E-state index contributed by atoms with van der Waals surface area (Å²) in [7, 11) is 0. The quantitative estimate of drug-likeness (QED) is 0.627. The molecule has 0 spiro atoms. The lowest BCUT2D eigenvalue weighted by Crippen LogP contribution is -2.48. The molecule has 0 atom stereocenters. The number of nitrogens with zero attached hydrogens (tertiary/aromatic N) is 3. The van der Waals surface area contributed by atoms with Gasteiger partial charge in [-0.25, -0.2) is 4.79 Å². The van der Waals surface area contributed by atoms with Crippen molar-refractivity contribution in [3.8, 4) is 0 Å². The van der Waals surface area contributed by atoms with Crippen LogP contribution >= 0.6 is 0 Å². The van der Waals surface area contributed by atoms with Crippen molar-refractivity contribution >= 4 is 17.3 Å². The highest BCUT2D eigenvalue weighted by Gasteiger charge is 2.30. The van der Waals surface area contributed by atoms with Gasteiger partial charge in [-0.15, -0.1) is 5.06 Å². The second-order valence-electron chi connectivity index (χ2n) is 6.41. The number of hydroxylamine groups is 2. The van der Waals surface area contributed by atoms with Crippen LogP contribution in [0, 0.1) is 21.3 Å². The van der Waals surface area contributed by atoms with Crippen molar-refractivity contribution in [1.82, 2.24) is 5.06 Å². The minimum atomic E-state index is -0.853. The van der Waals surface area contributed by atoms with Crippen molar-refractivity contribution < 1.29 is 18.9 Å². The number of halogens is 1. The summed E-state index contributed by atoms with van der Waals surface area (Å²) >= 11 is 0. The van der Waals surface area contributed by atoms with Crippen molar-refractivity contribution in [2.24, 2.45) is 5.41 Å². The maximum Gasteiger partial charge on any atom is 0.330 e. The molecule has 0 unspecified atom stereocenters. The number of hydrogen-bond acceptors (Lipinski definition) is 6. The molecule has 1 saturated heterocycles. The molecule has 1 fully saturated rings. The van der Waals surface area contributed by atoms with E-state index in [0.29, 0.717) is 26.2 Å². The van der Waals surface area contributed by atoms with Crippen LogP contribution in [0.25, 0.3) is 0 Å². The Bertz CT molecular complexity index is 607. The SMILES string of the molecule is CC(C)(C)C(=O)ON1CCN(c2cccc(F)c2[N+](=O)[O-])CC1. The summed E-state index contributed by atoms with van der Waals surface area (Å²) in [6.45, 7) is 6.90. The van der Waals surface area contributed by atoms with Crippen LogP contribution in [0.4, 0.5) is 15.8 Å². The summed E-state index contributed by atoms with van der Waals surface area (Å²) in [5.74, 6) is -1.18. The minimum Gasteiger partial charge on any atom is -0.367 e. The second kappa shape index (κ2) is 6.49. The number of carbonyl (C=O) groups excluding carboxylic acids is 1. The van der Waals surface area contributed by atoms with Crippen LogP contribution in [0.3, 0.4) is 0 Å². The lowest BCUT2D eigenvalue weighted by Gasteiger charge is -2.35. The fraction of sp³-hybridized carbons (Fsp3) is 0.533. The van der Waals surface area contributed by atoms with E-state index in [1.165, 1.54) is 17.2 Å². The lowest BCUT2D eigenvalue weighted by atomic mass is 9.98. The van der Waals surface area contributed by atoms with Gasteiger partial charge in [-0.2, -0.15) is 4.39 Å². The molecule has 0 amide bonds. The van der Waals surface area contributed by atoms with Crippen LogP contribution in [-0.2, 0) is 9.63 Å². The van der Waals surface area contributed by atoms with E-state index in [2.05, 4.69) is 0 Å². The number of nitro groups is 1. The normalized spacial score (nSPS) is 16.3. The monoisotopic (exact) mass is 325 g/mol. The summed E-state index contributed by atoms with van der Waals surface area (Å²) in [6.07, 6.45) is 0. The smallest absolute Gasteiger partial charge is 0.330 e. The predicted molar refractivity (Wildman–Crippen MR) is 82.4 cm³/mol. The van der Waals surface area contributed by atoms with Crippen molar-refractivity contribution in [3.63, 3.8) is 0 Å². The molecule has 8 heteroatoms. The number of rotatable bonds is 3. The Labute approximate surface area is 133 Å². The molecule has 0 aromatic heterocycles. The van der Waals surface area contributed by atoms with Crippen molar-refractivity contribution in [2.45, 2.75) is 20.8 Å². The molecule has 0 aliphatic carbocycles. The van der Waals surface area contributed by atoms with E-state index >= 15 is 0 Å². The first kappa shape index (κ1) is 17.1. The number of piperazine rings is 1. The van der Waals surface area contributed by atoms with Crippen LogP contribution in [0.5, 0.6) is 0 Å². The summed E-state index contributed by atoms with van der Waals surface area (Å²) in [5.41, 5.74) is -0.872. The molecular formula is C15H20FN3O4. The molecule has 1 aliphatic heterocycles. The van der Waals surface area contributed by atoms with Crippen molar-refractivity contribution in [3.05, 3.63) is 34.1 Å². The Balaban J connectivity index is 2.04. The molecule has 0 radical (unpaired) electrons. The fourth-order valence-electron chi connectivity index (χ4n) is 2.21. The summed E-state index contributed by atoms with van der Waals surface area (Å²) in [4.78, 5) is 29.2. The maximum atomic E-state index is 13.7. The van der Waals surface area contributed by atoms with Gasteiger partial charge in [0.25, 0.3) is 0 Å². The predicted octanol–water partition coefficient (Wildman–Crippen LogP) is 2.36. The van der Waals surface area contributed by atoms with Gasteiger partial charge in [-0.05, 0) is 32.9 Å². The van der Waals surface area contributed by atoms with Crippen LogP contribution in [0.15, 0.2) is 18.2 Å². The van der Waals surface area contributed by atoms with Gasteiger partial charge in [-0.3, -0.25) is 10.1 Å². The Morgan fingerprint density at radius 3 is 2.39 bits per heavy atom. The number of benzene rings is 1. The van der Waals surface area contributed by atoms with Gasteiger partial charge in [0.1, 0.15) is 5.69 Å². The van der Waals surface area contributed by atoms with E-state index in [9.17, 15) is 19.3 Å². The van der Waals surface area contributed by atoms with Gasteiger partial charge in [0.2, 0.25) is 5.82 Å². The van der Waals surface area contributed by atoms with Crippen molar-refractivity contribution in [2.75, 3.05) is 31.1 Å². The third-order valence-electron chi connectivity index (χ3n) is 3.55. The topological polar surface area (TPSA) is 75.9 Å². The molecule has 23 heavy (non-hydrogen) atoms. The summed E-state index contributed by atoms with van der Waals surface area (Å²) in [5, 5.41) is 12.6. The Kier molecular flexibility index (Phi) is 4.84. The zero-order valence-electron chi connectivity index (χ0n) is 13.4. The number of nitro benzene ring substituents is 1. The zero-order chi connectivity index (χ0) is 17.2. The molecule has 0 bridgehead atoms. The standard InChI is InChI=1S/C15H20FN3O4/c1-15(2,3)14(20)23-18-9-7-17(8-10-18)12-6-4-5-11(16)13(12)19(21)22/h4-6H,7-10H2,1-3H3. The van der Waals surface area contributed by atoms with Gasteiger partial charge in [0.05, 0.1) is 23.4 Å². The zero-order valence-corrected chi connectivity index (χ0v) is 13.4. The van der Waals surface area contributed by atoms with Gasteiger partial charge >= 0.3 is 11.7 Å². The summed E-state index contributed by atoms with van der Waals surface area (Å²) in [6, 6.07) is 4.05. The van der Waals surface area contributed by atoms with Crippen LogP contribution < -0.4 is 4.90 Å². The minimum absolute atomic E-state index is 0.247. The van der Waals surface area contributed by atoms with Gasteiger partial charge in [0.15, 0.2) is 0 Å². The molecule has 1 aliphatic rings. The number of carbonyl (C=O) groups is 1. The Hall–Kier alpha value is -2.22. The molecule has 126 valence electrons. The summed E-state index contributed by atoms with van der Waals surface area (Å²) < 4.78 is 13.7. The molecule has 0 N–H and O–H groups in total. The van der Waals surface area contributed by atoms with E-state index in [-0.39, 0.29) is 11.7 Å². The molecular weight excluding hydrogens is 305 g/mol. The molecule has 2 rings (SSSR count). The van der Waals surface area contributed by atoms with Gasteiger partial charge in [-0.1, -0.05) is 6.07 Å². The largest absolute Gasteiger partial charge is 0.367 e. The van der Waals surface area contributed by atoms with E-state index in [4.69, 9.17) is 4.84 Å². The average Bonchev–Trinajstić information content (AvgIpc) is 2.46. The first-order valence-corrected chi connectivity index (χ1v) is 7.35. The Morgan fingerprint density at radius 2 is 1.87 bits per heavy atom. The van der Waals surface area contributed by atoms with Gasteiger partial charge < -0.3 is 9.74 Å². The van der Waals surface area contributed by atoms with Crippen LogP contribution in [0.2, 0.25) is 0 Å². The molecule has 1 aromatic carbocycles. The number of hydrogen-bond donors (Lipinski definition) is 0. The van der Waals surface area contributed by atoms with Crippen molar-refractivity contribution in [1.29, 1.82) is 0 Å². The van der Waals surface area contributed by atoms with Crippen LogP contribution in [0.1, 0.15) is 20.8 Å². The lowest BCUT2D eigenvalue weighted by molar-refractivity contribution is -0.386. The van der Waals surface area contributed by atoms with E-state index in [1.807, 2.05) is 0 Å². The third-order valence-corrected chi connectivity index (χ3v) is 3.55. The van der Waals surface area contributed by atoms with E-state index < -0.39 is 21.8 Å². The van der Waals surface area contributed by atoms with E-state index in [0.717, 1.165) is 6.07 Å². The molecule has 1 aromatic rings. The Morgan fingerprint density at radius 1 is 1.26 bits per heavy atom. The fourth-order valence-corrected chi connectivity index (χ4v) is 2.21. The molecule has 0 saturated carbocycles. The molecule has 7 nitrogen and oxygen atoms in total. The molecule has 1 heterocycles. The average molecular weight is 325 g/mol. The number of anilines is 1. The van der Waals surface area contributed by atoms with Gasteiger partial charge in [0, 0.05) is 13.1 Å². The first-order valence-electron chi connectivity index (χ1n) is 7.35. The highest BCUT2D eigenvalue weighted by molar-refractivity contribution is 5.75. The highest BCUT2D eigenvalue weighted by Crippen LogP contribution is 2.31. The van der Waals surface area contributed by atoms with Crippen LogP contribution in [-0.4, -0.2) is 42.1 Å². The first-order chi connectivity index (χ1) is 10.7. The second-order valence-corrected chi connectivity index (χ2v) is 6.41. The van der Waals surface area contributed by atoms with E-state index in [1.54, 1.807) is 25.7 Å². The number of para-hydroxylation sites is 1.